The third-order valence-corrected chi connectivity index (χ3v) is 5.34. The second-order valence-electron chi connectivity index (χ2n) is 7.39. The van der Waals surface area contributed by atoms with Crippen molar-refractivity contribution in [2.24, 2.45) is 0 Å². The molecule has 8 nitrogen and oxygen atoms in total. The van der Waals surface area contributed by atoms with Gasteiger partial charge in [0.1, 0.15) is 17.9 Å². The third kappa shape index (κ3) is 4.76. The zero-order valence-corrected chi connectivity index (χ0v) is 17.2. The van der Waals surface area contributed by atoms with Crippen LogP contribution in [0.2, 0.25) is 0 Å². The number of hydrogen-bond donors (Lipinski definition) is 2. The van der Waals surface area contributed by atoms with Crippen LogP contribution in [0.1, 0.15) is 54.0 Å². The number of benzene rings is 1. The number of aryl methyl sites for hydroxylation is 1. The molecule has 0 radical (unpaired) electrons. The molecule has 1 saturated heterocycles. The van der Waals surface area contributed by atoms with Crippen LogP contribution in [0.15, 0.2) is 30.6 Å². The number of carbonyl (C=O) groups excluding carboxylic acids is 1. The number of fused-ring (bicyclic) bond motifs is 1. The zero-order chi connectivity index (χ0) is 20.8. The van der Waals surface area contributed by atoms with E-state index in [4.69, 9.17) is 14.5 Å². The Morgan fingerprint density at radius 2 is 2.17 bits per heavy atom. The fourth-order valence-electron chi connectivity index (χ4n) is 3.75. The van der Waals surface area contributed by atoms with Crippen molar-refractivity contribution in [3.8, 4) is 5.75 Å². The fourth-order valence-corrected chi connectivity index (χ4v) is 3.75. The number of aromatic amines is 1. The van der Waals surface area contributed by atoms with Crippen molar-refractivity contribution < 1.29 is 14.3 Å². The molecule has 158 valence electrons. The van der Waals surface area contributed by atoms with Crippen LogP contribution < -0.4 is 10.1 Å². The van der Waals surface area contributed by atoms with E-state index in [1.807, 2.05) is 31.2 Å². The first-order valence-electron chi connectivity index (χ1n) is 10.5. The molecule has 0 atom stereocenters. The van der Waals surface area contributed by atoms with E-state index in [9.17, 15) is 4.79 Å². The molecular weight excluding hydrogens is 382 g/mol. The summed E-state index contributed by atoms with van der Waals surface area (Å²) in [5.74, 6) is 1.90. The Bertz CT molecular complexity index is 984. The van der Waals surface area contributed by atoms with E-state index in [-0.39, 0.29) is 5.91 Å². The maximum Gasteiger partial charge on any atom is 0.251 e. The summed E-state index contributed by atoms with van der Waals surface area (Å²) >= 11 is 0. The fraction of sp³-hybridized carbons (Fsp3) is 0.455. The molecule has 1 amide bonds. The van der Waals surface area contributed by atoms with Crippen LogP contribution >= 0.6 is 0 Å². The van der Waals surface area contributed by atoms with Crippen LogP contribution in [0, 0.1) is 0 Å². The van der Waals surface area contributed by atoms with Gasteiger partial charge in [-0.1, -0.05) is 0 Å². The molecule has 1 fully saturated rings. The molecule has 3 aromatic rings. The number of pyridine rings is 1. The van der Waals surface area contributed by atoms with E-state index in [1.165, 1.54) is 0 Å². The van der Waals surface area contributed by atoms with E-state index in [2.05, 4.69) is 20.5 Å². The molecule has 30 heavy (non-hydrogen) atoms. The van der Waals surface area contributed by atoms with Gasteiger partial charge in [-0.2, -0.15) is 0 Å². The second-order valence-corrected chi connectivity index (χ2v) is 7.39. The van der Waals surface area contributed by atoms with Gasteiger partial charge in [-0.3, -0.25) is 9.78 Å². The average Bonchev–Trinajstić information content (AvgIpc) is 3.30. The van der Waals surface area contributed by atoms with Gasteiger partial charge in [-0.15, -0.1) is 10.2 Å². The Kier molecular flexibility index (Phi) is 6.53. The maximum atomic E-state index is 12.6. The molecule has 1 aliphatic rings. The summed E-state index contributed by atoms with van der Waals surface area (Å²) in [6, 6.07) is 7.65. The van der Waals surface area contributed by atoms with Crippen molar-refractivity contribution in [1.82, 2.24) is 25.5 Å². The first kappa shape index (κ1) is 20.3. The van der Waals surface area contributed by atoms with E-state index in [0.29, 0.717) is 24.6 Å². The topological polar surface area (TPSA) is 102 Å². The van der Waals surface area contributed by atoms with Crippen molar-refractivity contribution in [1.29, 1.82) is 0 Å². The van der Waals surface area contributed by atoms with Gasteiger partial charge in [0.2, 0.25) is 0 Å². The van der Waals surface area contributed by atoms with Crippen LogP contribution in [0.4, 0.5) is 0 Å². The molecule has 0 spiro atoms. The standard InChI is InChI=1S/C22H27N5O3/c1-2-30-20-13-18(15-7-10-29-11-8-15)26-19-12-16(5-6-17(19)20)22(28)23-9-3-4-21-24-14-25-27-21/h5-6,12-15H,2-4,7-11H2,1H3,(H,23,28)(H,24,25,27). The Labute approximate surface area is 175 Å². The lowest BCUT2D eigenvalue weighted by atomic mass is 9.95. The zero-order valence-electron chi connectivity index (χ0n) is 17.2. The first-order chi connectivity index (χ1) is 14.7. The normalized spacial score (nSPS) is 14.7. The largest absolute Gasteiger partial charge is 0.493 e. The van der Waals surface area contributed by atoms with Crippen molar-refractivity contribution in [3.63, 3.8) is 0 Å². The second kappa shape index (κ2) is 9.67. The number of nitrogens with one attached hydrogen (secondary N) is 2. The summed E-state index contributed by atoms with van der Waals surface area (Å²) in [6.07, 6.45) is 4.99. The van der Waals surface area contributed by atoms with Gasteiger partial charge in [-0.05, 0) is 44.4 Å². The Hall–Kier alpha value is -3.00. The van der Waals surface area contributed by atoms with Crippen LogP contribution in [-0.2, 0) is 11.2 Å². The Balaban J connectivity index is 1.50. The molecule has 0 aliphatic carbocycles. The Morgan fingerprint density at radius 3 is 2.93 bits per heavy atom. The monoisotopic (exact) mass is 409 g/mol. The minimum Gasteiger partial charge on any atom is -0.493 e. The van der Waals surface area contributed by atoms with Gasteiger partial charge in [0.15, 0.2) is 0 Å². The lowest BCUT2D eigenvalue weighted by Crippen LogP contribution is -2.24. The predicted molar refractivity (Wildman–Crippen MR) is 113 cm³/mol. The van der Waals surface area contributed by atoms with Crippen LogP contribution in [0.5, 0.6) is 5.75 Å². The summed E-state index contributed by atoms with van der Waals surface area (Å²) in [4.78, 5) is 20.5. The molecule has 1 aromatic carbocycles. The van der Waals surface area contributed by atoms with Gasteiger partial charge < -0.3 is 19.8 Å². The molecule has 2 N–H and O–H groups in total. The molecule has 8 heteroatoms. The SMILES string of the molecule is CCOc1cc(C2CCOCC2)nc2cc(C(=O)NCCCc3nnc[nH]3)ccc12. The minimum absolute atomic E-state index is 0.106. The number of carbonyl (C=O) groups is 1. The van der Waals surface area contributed by atoms with Crippen molar-refractivity contribution >= 4 is 16.8 Å². The molecule has 0 saturated carbocycles. The highest BCUT2D eigenvalue weighted by Crippen LogP contribution is 2.33. The summed E-state index contributed by atoms with van der Waals surface area (Å²) in [6.45, 7) is 4.63. The number of nitrogens with zero attached hydrogens (tertiary/aromatic N) is 3. The quantitative estimate of drug-likeness (QED) is 0.555. The first-order valence-corrected chi connectivity index (χ1v) is 10.5. The van der Waals surface area contributed by atoms with Crippen molar-refractivity contribution in [2.75, 3.05) is 26.4 Å². The van der Waals surface area contributed by atoms with Crippen molar-refractivity contribution in [2.45, 2.75) is 38.5 Å². The van der Waals surface area contributed by atoms with Gasteiger partial charge in [0.25, 0.3) is 5.91 Å². The third-order valence-electron chi connectivity index (χ3n) is 5.34. The molecular formula is C22H27N5O3. The van der Waals surface area contributed by atoms with Crippen LogP contribution in [0.3, 0.4) is 0 Å². The summed E-state index contributed by atoms with van der Waals surface area (Å²) < 4.78 is 11.4. The number of H-pyrrole nitrogens is 1. The molecule has 1 aliphatic heterocycles. The van der Waals surface area contributed by atoms with Crippen LogP contribution in [0.25, 0.3) is 10.9 Å². The summed E-state index contributed by atoms with van der Waals surface area (Å²) in [5, 5.41) is 11.6. The molecule has 0 bridgehead atoms. The Morgan fingerprint density at radius 1 is 1.30 bits per heavy atom. The number of hydrogen-bond acceptors (Lipinski definition) is 6. The highest BCUT2D eigenvalue weighted by molar-refractivity contribution is 5.98. The van der Waals surface area contributed by atoms with Crippen LogP contribution in [-0.4, -0.2) is 52.4 Å². The molecule has 3 heterocycles. The molecule has 2 aromatic heterocycles. The highest BCUT2D eigenvalue weighted by Gasteiger charge is 2.20. The van der Waals surface area contributed by atoms with Gasteiger partial charge >= 0.3 is 0 Å². The summed E-state index contributed by atoms with van der Waals surface area (Å²) in [7, 11) is 0. The average molecular weight is 409 g/mol. The minimum atomic E-state index is -0.106. The maximum absolute atomic E-state index is 12.6. The summed E-state index contributed by atoms with van der Waals surface area (Å²) in [5.41, 5.74) is 2.40. The lowest BCUT2D eigenvalue weighted by molar-refractivity contribution is 0.0845. The smallest absolute Gasteiger partial charge is 0.251 e. The number of ether oxygens (including phenoxy) is 2. The molecule has 0 unspecified atom stereocenters. The number of amides is 1. The van der Waals surface area contributed by atoms with E-state index in [1.54, 1.807) is 6.33 Å². The molecule has 4 rings (SSSR count). The van der Waals surface area contributed by atoms with Gasteiger partial charge in [0.05, 0.1) is 12.1 Å². The van der Waals surface area contributed by atoms with Gasteiger partial charge in [-0.25, -0.2) is 0 Å². The van der Waals surface area contributed by atoms with E-state index < -0.39 is 0 Å². The number of rotatable bonds is 8. The van der Waals surface area contributed by atoms with E-state index >= 15 is 0 Å². The van der Waals surface area contributed by atoms with Crippen molar-refractivity contribution in [3.05, 3.63) is 47.7 Å². The van der Waals surface area contributed by atoms with E-state index in [0.717, 1.165) is 67.1 Å². The predicted octanol–water partition coefficient (Wildman–Crippen LogP) is 3.01. The highest BCUT2D eigenvalue weighted by atomic mass is 16.5. The van der Waals surface area contributed by atoms with Gasteiger partial charge in [0, 0.05) is 54.8 Å². The lowest BCUT2D eigenvalue weighted by Gasteiger charge is -2.22. The number of aromatic nitrogens is 4.